The van der Waals surface area contributed by atoms with Crippen LogP contribution >= 0.6 is 0 Å². The van der Waals surface area contributed by atoms with Crippen molar-refractivity contribution in [2.24, 2.45) is 0 Å². The zero-order valence-corrected chi connectivity index (χ0v) is 14.1. The van der Waals surface area contributed by atoms with Gasteiger partial charge in [0.1, 0.15) is 0 Å². The number of para-hydroxylation sites is 1. The Hall–Kier alpha value is -2.37. The molecule has 0 radical (unpaired) electrons. The van der Waals surface area contributed by atoms with Gasteiger partial charge < -0.3 is 14.9 Å². The molecule has 2 N–H and O–H groups in total. The van der Waals surface area contributed by atoms with E-state index in [1.54, 1.807) is 23.1 Å². The topological polar surface area (TPSA) is 60.8 Å². The van der Waals surface area contributed by atoms with Gasteiger partial charge in [-0.3, -0.25) is 4.79 Å². The summed E-state index contributed by atoms with van der Waals surface area (Å²) in [6, 6.07) is 9.65. The van der Waals surface area contributed by atoms with Crippen molar-refractivity contribution in [2.45, 2.75) is 25.1 Å². The predicted octanol–water partition coefficient (Wildman–Crippen LogP) is 3.03. The predicted molar refractivity (Wildman–Crippen MR) is 101 cm³/mol. The molecule has 1 amide bonds. The van der Waals surface area contributed by atoms with E-state index in [0.29, 0.717) is 18.5 Å². The number of hydrogen-bond acceptors (Lipinski definition) is 3. The Labute approximate surface area is 148 Å². The van der Waals surface area contributed by atoms with Gasteiger partial charge in [0.2, 0.25) is 0 Å². The minimum absolute atomic E-state index is 0.0659. The minimum atomic E-state index is -1.39. The lowest BCUT2D eigenvalue weighted by Gasteiger charge is -2.26. The molecule has 1 unspecified atom stereocenters. The first-order valence-corrected chi connectivity index (χ1v) is 8.61. The minimum Gasteiger partial charge on any atom is -0.427 e. The molecular weight excluding hydrogens is 313 g/mol. The number of carbonyl (C=O) groups excluding carboxylic acids is 1. The van der Waals surface area contributed by atoms with Crippen LogP contribution in [-0.4, -0.2) is 29.6 Å². The molecule has 2 aliphatic rings. The fourth-order valence-corrected chi connectivity index (χ4v) is 3.05. The number of allylic oxidation sites excluding steroid dienone is 5. The van der Waals surface area contributed by atoms with Gasteiger partial charge in [-0.15, -0.1) is 0 Å². The largest absolute Gasteiger partial charge is 0.459 e. The Morgan fingerprint density at radius 1 is 1.24 bits per heavy atom. The second-order valence-corrected chi connectivity index (χ2v) is 6.35. The quantitative estimate of drug-likeness (QED) is 0.813. The molecule has 1 aromatic carbocycles. The molecule has 1 aromatic rings. The zero-order chi connectivity index (χ0) is 17.6. The Balaban J connectivity index is 1.82. The van der Waals surface area contributed by atoms with E-state index in [-0.39, 0.29) is 11.7 Å². The van der Waals surface area contributed by atoms with Crippen molar-refractivity contribution >= 4 is 18.7 Å². The van der Waals surface area contributed by atoms with E-state index in [1.165, 1.54) is 5.57 Å². The highest BCUT2D eigenvalue weighted by Gasteiger charge is 2.26. The third-order valence-corrected chi connectivity index (χ3v) is 4.54. The van der Waals surface area contributed by atoms with Gasteiger partial charge in [-0.2, -0.15) is 0 Å². The van der Waals surface area contributed by atoms with Crippen LogP contribution in [-0.2, 0) is 4.79 Å². The average Bonchev–Trinajstić information content (AvgIpc) is 2.67. The van der Waals surface area contributed by atoms with Crippen LogP contribution in [0.15, 0.2) is 77.9 Å². The van der Waals surface area contributed by atoms with Crippen LogP contribution in [0.1, 0.15) is 19.3 Å². The highest BCUT2D eigenvalue weighted by molar-refractivity contribution is 6.44. The molecule has 0 spiro atoms. The molecule has 4 nitrogen and oxygen atoms in total. The SMILES string of the molecule is O=C(C1=CCC(B(O)O)C=C1)N(CC1=CC=CCC1)c1ccccc1. The van der Waals surface area contributed by atoms with E-state index in [2.05, 4.69) is 12.2 Å². The van der Waals surface area contributed by atoms with E-state index in [9.17, 15) is 14.8 Å². The van der Waals surface area contributed by atoms with Gasteiger partial charge in [-0.05, 0) is 31.4 Å². The lowest BCUT2D eigenvalue weighted by Crippen LogP contribution is -2.34. The number of anilines is 1. The summed E-state index contributed by atoms with van der Waals surface area (Å²) in [7, 11) is -1.39. The number of benzene rings is 1. The third-order valence-electron chi connectivity index (χ3n) is 4.54. The molecule has 0 bridgehead atoms. The summed E-state index contributed by atoms with van der Waals surface area (Å²) in [5, 5.41) is 18.5. The standard InChI is InChI=1S/C20H22BNO3/c23-20(17-11-13-18(14-12-17)21(24)25)22(19-9-5-2-6-10-19)15-16-7-3-1-4-8-16/h1-3,5-7,9-13,18,24-25H,4,8,14-15H2. The average molecular weight is 335 g/mol. The van der Waals surface area contributed by atoms with E-state index >= 15 is 0 Å². The molecule has 0 fully saturated rings. The van der Waals surface area contributed by atoms with Crippen molar-refractivity contribution in [3.8, 4) is 0 Å². The van der Waals surface area contributed by atoms with Crippen LogP contribution in [0.3, 0.4) is 0 Å². The molecular formula is C20H22BNO3. The van der Waals surface area contributed by atoms with Crippen molar-refractivity contribution in [1.82, 2.24) is 0 Å². The maximum absolute atomic E-state index is 13.1. The highest BCUT2D eigenvalue weighted by Crippen LogP contribution is 2.26. The van der Waals surface area contributed by atoms with Crippen molar-refractivity contribution in [1.29, 1.82) is 0 Å². The fraction of sp³-hybridized carbons (Fsp3) is 0.250. The first kappa shape index (κ1) is 17.5. The second-order valence-electron chi connectivity index (χ2n) is 6.35. The third kappa shape index (κ3) is 4.38. The first-order chi connectivity index (χ1) is 12.1. The molecule has 0 heterocycles. The summed E-state index contributed by atoms with van der Waals surface area (Å²) in [4.78, 5) is 14.9. The lowest BCUT2D eigenvalue weighted by atomic mass is 9.69. The molecule has 25 heavy (non-hydrogen) atoms. The van der Waals surface area contributed by atoms with Crippen LogP contribution in [0.4, 0.5) is 5.69 Å². The van der Waals surface area contributed by atoms with Crippen molar-refractivity contribution in [3.63, 3.8) is 0 Å². The zero-order valence-electron chi connectivity index (χ0n) is 14.1. The van der Waals surface area contributed by atoms with Gasteiger partial charge in [-0.25, -0.2) is 0 Å². The summed E-state index contributed by atoms with van der Waals surface area (Å²) in [6.45, 7) is 0.560. The molecule has 3 rings (SSSR count). The molecule has 5 heteroatoms. The molecule has 1 atom stereocenters. The van der Waals surface area contributed by atoms with Gasteiger partial charge in [0, 0.05) is 23.6 Å². The summed E-state index contributed by atoms with van der Waals surface area (Å²) in [5.41, 5.74) is 2.68. The lowest BCUT2D eigenvalue weighted by molar-refractivity contribution is -0.114. The van der Waals surface area contributed by atoms with E-state index in [1.807, 2.05) is 36.4 Å². The summed E-state index contributed by atoms with van der Waals surface area (Å²) in [5.74, 6) is -0.420. The fourth-order valence-electron chi connectivity index (χ4n) is 3.05. The van der Waals surface area contributed by atoms with Gasteiger partial charge in [0.05, 0.1) is 0 Å². The molecule has 0 aliphatic heterocycles. The van der Waals surface area contributed by atoms with Gasteiger partial charge in [0.25, 0.3) is 5.91 Å². The number of nitrogens with zero attached hydrogens (tertiary/aromatic N) is 1. The molecule has 0 aromatic heterocycles. The molecule has 2 aliphatic carbocycles. The van der Waals surface area contributed by atoms with Gasteiger partial charge in [0.15, 0.2) is 0 Å². The summed E-state index contributed by atoms with van der Waals surface area (Å²) >= 11 is 0. The van der Waals surface area contributed by atoms with Crippen LogP contribution in [0.5, 0.6) is 0 Å². The van der Waals surface area contributed by atoms with Crippen LogP contribution in [0.2, 0.25) is 5.82 Å². The second kappa shape index (κ2) is 8.14. The monoisotopic (exact) mass is 335 g/mol. The molecule has 0 saturated heterocycles. The maximum atomic E-state index is 13.1. The normalized spacial score (nSPS) is 19.2. The first-order valence-electron chi connectivity index (χ1n) is 8.61. The van der Waals surface area contributed by atoms with Gasteiger partial charge in [-0.1, -0.05) is 60.2 Å². The van der Waals surface area contributed by atoms with E-state index in [0.717, 1.165) is 18.5 Å². The maximum Gasteiger partial charge on any atom is 0.459 e. The van der Waals surface area contributed by atoms with Gasteiger partial charge >= 0.3 is 7.12 Å². The Morgan fingerprint density at radius 3 is 2.64 bits per heavy atom. The number of hydrogen-bond donors (Lipinski definition) is 2. The van der Waals surface area contributed by atoms with Crippen LogP contribution in [0.25, 0.3) is 0 Å². The van der Waals surface area contributed by atoms with Crippen molar-refractivity contribution in [2.75, 3.05) is 11.4 Å². The number of carbonyl (C=O) groups is 1. The number of rotatable bonds is 5. The smallest absolute Gasteiger partial charge is 0.427 e. The van der Waals surface area contributed by atoms with E-state index in [4.69, 9.17) is 0 Å². The van der Waals surface area contributed by atoms with Crippen molar-refractivity contribution < 1.29 is 14.8 Å². The Kier molecular flexibility index (Phi) is 5.69. The van der Waals surface area contributed by atoms with Crippen LogP contribution in [0, 0.1) is 0 Å². The Morgan fingerprint density at radius 2 is 2.04 bits per heavy atom. The van der Waals surface area contributed by atoms with Crippen molar-refractivity contribution in [3.05, 3.63) is 77.9 Å². The molecule has 128 valence electrons. The van der Waals surface area contributed by atoms with E-state index < -0.39 is 7.12 Å². The summed E-state index contributed by atoms with van der Waals surface area (Å²) in [6.07, 6.45) is 13.8. The highest BCUT2D eigenvalue weighted by atomic mass is 16.4. The molecule has 0 saturated carbocycles. The Bertz CT molecular complexity index is 735. The van der Waals surface area contributed by atoms with Crippen LogP contribution < -0.4 is 4.90 Å². The summed E-state index contributed by atoms with van der Waals surface area (Å²) < 4.78 is 0. The number of amides is 1.